The van der Waals surface area contributed by atoms with Crippen LogP contribution in [0.2, 0.25) is 0 Å². The van der Waals surface area contributed by atoms with Gasteiger partial charge >= 0.3 is 0 Å². The lowest BCUT2D eigenvalue weighted by molar-refractivity contribution is 0.0663. The van der Waals surface area contributed by atoms with Gasteiger partial charge in [0.15, 0.2) is 17.0 Å². The van der Waals surface area contributed by atoms with Gasteiger partial charge in [0.25, 0.3) is 6.01 Å². The molecular formula is C19H33N7O2. The zero-order chi connectivity index (χ0) is 19.8. The number of nitrogens with one attached hydrogen (secondary N) is 2. The summed E-state index contributed by atoms with van der Waals surface area (Å²) in [5.74, 6) is 1.64. The van der Waals surface area contributed by atoms with Crippen LogP contribution in [0, 0.1) is 5.92 Å². The quantitative estimate of drug-likeness (QED) is 0.499. The Morgan fingerprint density at radius 2 is 2.00 bits per heavy atom. The largest absolute Gasteiger partial charge is 0.468 e. The second-order valence-corrected chi connectivity index (χ2v) is 7.25. The van der Waals surface area contributed by atoms with E-state index >= 15 is 0 Å². The van der Waals surface area contributed by atoms with Gasteiger partial charge in [-0.1, -0.05) is 13.3 Å². The maximum Gasteiger partial charge on any atom is 0.298 e. The van der Waals surface area contributed by atoms with E-state index in [0.29, 0.717) is 28.9 Å². The second-order valence-electron chi connectivity index (χ2n) is 7.25. The van der Waals surface area contributed by atoms with Crippen LogP contribution in [0.1, 0.15) is 39.0 Å². The number of nitrogens with zero attached hydrogens (tertiary/aromatic N) is 4. The monoisotopic (exact) mass is 391 g/mol. The molecule has 2 aromatic heterocycles. The van der Waals surface area contributed by atoms with Crippen molar-refractivity contribution in [1.29, 1.82) is 0 Å². The average Bonchev–Trinajstić information content (AvgIpc) is 3.07. The number of methoxy groups -OCH3 is 1. The highest BCUT2D eigenvalue weighted by molar-refractivity contribution is 5.84. The van der Waals surface area contributed by atoms with Gasteiger partial charge in [0.1, 0.15) is 0 Å². The molecule has 3 heterocycles. The van der Waals surface area contributed by atoms with Crippen molar-refractivity contribution < 1.29 is 9.47 Å². The summed E-state index contributed by atoms with van der Waals surface area (Å²) >= 11 is 0. The molecule has 0 amide bonds. The smallest absolute Gasteiger partial charge is 0.298 e. The van der Waals surface area contributed by atoms with Gasteiger partial charge in [-0.3, -0.25) is 4.57 Å². The van der Waals surface area contributed by atoms with E-state index in [1.54, 1.807) is 7.11 Å². The molecule has 1 aliphatic rings. The summed E-state index contributed by atoms with van der Waals surface area (Å²) < 4.78 is 12.8. The van der Waals surface area contributed by atoms with Crippen LogP contribution in [0.4, 0.5) is 11.8 Å². The lowest BCUT2D eigenvalue weighted by atomic mass is 10.0. The van der Waals surface area contributed by atoms with Crippen molar-refractivity contribution in [3.63, 3.8) is 0 Å². The van der Waals surface area contributed by atoms with Crippen LogP contribution in [0.15, 0.2) is 0 Å². The summed E-state index contributed by atoms with van der Waals surface area (Å²) in [5, 5.41) is 6.80. The number of rotatable bonds is 11. The first-order valence-corrected chi connectivity index (χ1v) is 10.3. The molecule has 0 radical (unpaired) electrons. The Kier molecular flexibility index (Phi) is 7.67. The summed E-state index contributed by atoms with van der Waals surface area (Å²) in [6.45, 7) is 7.49. The Morgan fingerprint density at radius 3 is 2.75 bits per heavy atom. The van der Waals surface area contributed by atoms with Gasteiger partial charge in [-0.2, -0.15) is 15.0 Å². The number of unbranched alkanes of at least 4 members (excludes halogenated alkanes) is 1. The van der Waals surface area contributed by atoms with Crippen molar-refractivity contribution in [2.75, 3.05) is 51.0 Å². The molecule has 0 aliphatic carbocycles. The minimum Gasteiger partial charge on any atom is -0.468 e. The Balaban J connectivity index is 1.61. The third kappa shape index (κ3) is 5.23. The third-order valence-electron chi connectivity index (χ3n) is 5.09. The molecule has 9 heteroatoms. The van der Waals surface area contributed by atoms with Crippen LogP contribution in [0.25, 0.3) is 11.2 Å². The molecule has 3 rings (SSSR count). The molecule has 0 saturated carbocycles. The molecule has 156 valence electrons. The topological polar surface area (TPSA) is 112 Å². The number of fused-ring (bicyclic) bond motifs is 1. The molecule has 1 aliphatic heterocycles. The maximum absolute atomic E-state index is 6.11. The van der Waals surface area contributed by atoms with E-state index in [2.05, 4.69) is 32.5 Å². The second kappa shape index (κ2) is 10.4. The molecule has 4 N–H and O–H groups in total. The molecule has 28 heavy (non-hydrogen) atoms. The Bertz CT molecular complexity index is 743. The van der Waals surface area contributed by atoms with E-state index in [1.165, 1.54) is 0 Å². The van der Waals surface area contributed by atoms with Crippen molar-refractivity contribution in [2.45, 2.75) is 45.6 Å². The van der Waals surface area contributed by atoms with E-state index in [9.17, 15) is 0 Å². The molecule has 0 unspecified atom stereocenters. The summed E-state index contributed by atoms with van der Waals surface area (Å²) in [5.41, 5.74) is 7.42. The molecule has 1 fully saturated rings. The lowest BCUT2D eigenvalue weighted by Gasteiger charge is -2.22. The summed E-state index contributed by atoms with van der Waals surface area (Å²) in [4.78, 5) is 13.4. The predicted molar refractivity (Wildman–Crippen MR) is 111 cm³/mol. The first-order chi connectivity index (χ1) is 13.7. The number of ether oxygens (including phenoxy) is 2. The molecule has 2 aromatic rings. The standard InChI is InChI=1S/C19H33N7O2/c1-3-4-9-22-18-24-16(20)15-17(25-18)26(19(23-15)27-2)10-5-8-21-13-14-6-11-28-12-7-14/h14,21H,3-13H2,1-2H3,(H3,20,22,24,25). The van der Waals surface area contributed by atoms with Gasteiger partial charge in [-0.25, -0.2) is 0 Å². The van der Waals surface area contributed by atoms with Gasteiger partial charge in [-0.05, 0) is 44.7 Å². The fourth-order valence-corrected chi connectivity index (χ4v) is 3.43. The molecule has 9 nitrogen and oxygen atoms in total. The van der Waals surface area contributed by atoms with Crippen molar-refractivity contribution in [3.8, 4) is 6.01 Å². The number of imidazole rings is 1. The summed E-state index contributed by atoms with van der Waals surface area (Å²) in [6.07, 6.45) is 5.42. The maximum atomic E-state index is 6.11. The normalized spacial score (nSPS) is 15.2. The summed E-state index contributed by atoms with van der Waals surface area (Å²) in [7, 11) is 1.62. The van der Waals surface area contributed by atoms with E-state index in [1.807, 2.05) is 4.57 Å². The van der Waals surface area contributed by atoms with Gasteiger partial charge in [0, 0.05) is 26.3 Å². The predicted octanol–water partition coefficient (Wildman–Crippen LogP) is 2.04. The molecule has 1 saturated heterocycles. The van der Waals surface area contributed by atoms with Crippen LogP contribution >= 0.6 is 0 Å². The molecule has 0 atom stereocenters. The Morgan fingerprint density at radius 1 is 1.18 bits per heavy atom. The van der Waals surface area contributed by atoms with E-state index in [-0.39, 0.29) is 0 Å². The number of nitrogen functional groups attached to an aromatic ring is 1. The molecule has 0 aromatic carbocycles. The number of aryl methyl sites for hydroxylation is 1. The third-order valence-corrected chi connectivity index (χ3v) is 5.09. The van der Waals surface area contributed by atoms with Gasteiger partial charge < -0.3 is 25.8 Å². The van der Waals surface area contributed by atoms with Crippen molar-refractivity contribution in [3.05, 3.63) is 0 Å². The summed E-state index contributed by atoms with van der Waals surface area (Å²) in [6, 6.07) is 0.520. The average molecular weight is 392 g/mol. The molecule has 0 spiro atoms. The van der Waals surface area contributed by atoms with E-state index < -0.39 is 0 Å². The van der Waals surface area contributed by atoms with Crippen molar-refractivity contribution >= 4 is 22.9 Å². The van der Waals surface area contributed by atoms with E-state index in [4.69, 9.17) is 15.2 Å². The number of nitrogens with two attached hydrogens (primary N) is 1. The van der Waals surface area contributed by atoms with Gasteiger partial charge in [0.05, 0.1) is 7.11 Å². The van der Waals surface area contributed by atoms with Crippen molar-refractivity contribution in [2.24, 2.45) is 5.92 Å². The number of hydrogen-bond acceptors (Lipinski definition) is 8. The van der Waals surface area contributed by atoms with Crippen LogP contribution in [0.3, 0.4) is 0 Å². The van der Waals surface area contributed by atoms with Crippen LogP contribution in [-0.2, 0) is 11.3 Å². The van der Waals surface area contributed by atoms with Crippen LogP contribution < -0.4 is 21.1 Å². The number of hydrogen-bond donors (Lipinski definition) is 3. The number of anilines is 2. The van der Waals surface area contributed by atoms with Gasteiger partial charge in [0.2, 0.25) is 5.95 Å². The van der Waals surface area contributed by atoms with Crippen molar-refractivity contribution in [1.82, 2.24) is 24.8 Å². The zero-order valence-corrected chi connectivity index (χ0v) is 17.0. The minimum atomic E-state index is 0.374. The fraction of sp³-hybridized carbons (Fsp3) is 0.737. The Hall–Kier alpha value is -2.13. The fourth-order valence-electron chi connectivity index (χ4n) is 3.43. The molecule has 0 bridgehead atoms. The van der Waals surface area contributed by atoms with Gasteiger partial charge in [-0.15, -0.1) is 0 Å². The Labute approximate surface area is 166 Å². The number of aromatic nitrogens is 4. The molecular weight excluding hydrogens is 358 g/mol. The first-order valence-electron chi connectivity index (χ1n) is 10.3. The van der Waals surface area contributed by atoms with Crippen LogP contribution in [-0.4, -0.2) is 59.5 Å². The highest BCUT2D eigenvalue weighted by atomic mass is 16.5. The van der Waals surface area contributed by atoms with Crippen LogP contribution in [0.5, 0.6) is 6.01 Å². The zero-order valence-electron chi connectivity index (χ0n) is 17.0. The first kappa shape index (κ1) is 20.6. The van der Waals surface area contributed by atoms with E-state index in [0.717, 1.165) is 77.4 Å². The highest BCUT2D eigenvalue weighted by Crippen LogP contribution is 2.25. The highest BCUT2D eigenvalue weighted by Gasteiger charge is 2.17. The SMILES string of the molecule is CCCCNc1nc(N)c2nc(OC)n(CCCNCC3CCOCC3)c2n1. The lowest BCUT2D eigenvalue weighted by Crippen LogP contribution is -2.28. The minimum absolute atomic E-state index is 0.374.